The number of hydrogen-bond acceptors (Lipinski definition) is 4. The molecular weight excluding hydrogens is 234 g/mol. The summed E-state index contributed by atoms with van der Waals surface area (Å²) in [5.74, 6) is 0.465. The molecule has 0 aliphatic heterocycles. The Kier molecular flexibility index (Phi) is 3.98. The van der Waals surface area contributed by atoms with Gasteiger partial charge in [0.25, 0.3) is 0 Å². The molecule has 0 saturated carbocycles. The lowest BCUT2D eigenvalue weighted by Crippen LogP contribution is -1.96. The molecule has 0 saturated heterocycles. The first kappa shape index (κ1) is 11.9. The van der Waals surface area contributed by atoms with Crippen molar-refractivity contribution >= 4 is 28.9 Å². The molecule has 2 aromatic rings. The SMILES string of the molecule is CC(=O)OSCCc1ccc2ccccc2n1. The van der Waals surface area contributed by atoms with Crippen molar-refractivity contribution in [3.63, 3.8) is 0 Å². The van der Waals surface area contributed by atoms with E-state index in [1.54, 1.807) is 0 Å². The number of benzene rings is 1. The zero-order valence-corrected chi connectivity index (χ0v) is 10.4. The normalized spacial score (nSPS) is 10.4. The molecule has 17 heavy (non-hydrogen) atoms. The molecule has 0 unspecified atom stereocenters. The molecule has 4 heteroatoms. The first-order valence-electron chi connectivity index (χ1n) is 5.40. The van der Waals surface area contributed by atoms with Gasteiger partial charge in [-0.1, -0.05) is 24.3 Å². The summed E-state index contributed by atoms with van der Waals surface area (Å²) >= 11 is 1.17. The molecule has 88 valence electrons. The summed E-state index contributed by atoms with van der Waals surface area (Å²) in [6, 6.07) is 12.1. The highest BCUT2D eigenvalue weighted by atomic mass is 32.2. The van der Waals surface area contributed by atoms with E-state index in [-0.39, 0.29) is 5.97 Å². The number of nitrogens with zero attached hydrogens (tertiary/aromatic N) is 1. The third kappa shape index (κ3) is 3.46. The van der Waals surface area contributed by atoms with Crippen LogP contribution in [0.4, 0.5) is 0 Å². The van der Waals surface area contributed by atoms with E-state index >= 15 is 0 Å². The third-order valence-corrected chi connectivity index (χ3v) is 3.00. The minimum atomic E-state index is -0.263. The summed E-state index contributed by atoms with van der Waals surface area (Å²) < 4.78 is 4.80. The minimum Gasteiger partial charge on any atom is -0.392 e. The molecule has 0 N–H and O–H groups in total. The van der Waals surface area contributed by atoms with Crippen molar-refractivity contribution in [2.45, 2.75) is 13.3 Å². The Hall–Kier alpha value is -1.55. The van der Waals surface area contributed by atoms with Crippen LogP contribution in [0.25, 0.3) is 10.9 Å². The largest absolute Gasteiger partial charge is 0.392 e. The molecule has 0 atom stereocenters. The number of aryl methyl sites for hydroxylation is 1. The average molecular weight is 247 g/mol. The van der Waals surface area contributed by atoms with Crippen LogP contribution >= 0.6 is 12.0 Å². The van der Waals surface area contributed by atoms with Crippen LogP contribution in [-0.2, 0) is 15.4 Å². The molecule has 0 radical (unpaired) electrons. The number of hydrogen-bond donors (Lipinski definition) is 0. The summed E-state index contributed by atoms with van der Waals surface area (Å²) in [7, 11) is 0. The topological polar surface area (TPSA) is 39.2 Å². The van der Waals surface area contributed by atoms with E-state index in [4.69, 9.17) is 4.18 Å². The van der Waals surface area contributed by atoms with E-state index < -0.39 is 0 Å². The predicted octanol–water partition coefficient (Wildman–Crippen LogP) is 2.99. The Morgan fingerprint density at radius 3 is 2.94 bits per heavy atom. The maximum Gasteiger partial charge on any atom is 0.314 e. The predicted molar refractivity (Wildman–Crippen MR) is 69.7 cm³/mol. The Labute approximate surface area is 104 Å². The van der Waals surface area contributed by atoms with Crippen LogP contribution in [0.3, 0.4) is 0 Å². The maximum atomic E-state index is 10.6. The quantitative estimate of drug-likeness (QED) is 0.615. The van der Waals surface area contributed by atoms with Crippen LogP contribution in [0.15, 0.2) is 36.4 Å². The highest BCUT2D eigenvalue weighted by Gasteiger charge is 2.00. The van der Waals surface area contributed by atoms with Crippen molar-refractivity contribution in [3.8, 4) is 0 Å². The molecule has 0 bridgehead atoms. The van der Waals surface area contributed by atoms with Gasteiger partial charge in [-0.2, -0.15) is 0 Å². The van der Waals surface area contributed by atoms with Crippen molar-refractivity contribution < 1.29 is 8.98 Å². The van der Waals surface area contributed by atoms with Crippen LogP contribution < -0.4 is 0 Å². The van der Waals surface area contributed by atoms with E-state index in [2.05, 4.69) is 11.1 Å². The van der Waals surface area contributed by atoms with Gasteiger partial charge < -0.3 is 4.18 Å². The molecule has 1 heterocycles. The molecule has 0 amide bonds. The average Bonchev–Trinajstić information content (AvgIpc) is 2.34. The van der Waals surface area contributed by atoms with Gasteiger partial charge in [-0.05, 0) is 12.1 Å². The van der Waals surface area contributed by atoms with Crippen molar-refractivity contribution in [3.05, 3.63) is 42.1 Å². The van der Waals surface area contributed by atoms with Gasteiger partial charge in [0.15, 0.2) is 0 Å². The molecule has 1 aromatic heterocycles. The second-order valence-electron chi connectivity index (χ2n) is 3.64. The van der Waals surface area contributed by atoms with Crippen molar-refractivity contribution in [2.24, 2.45) is 0 Å². The van der Waals surface area contributed by atoms with Crippen LogP contribution in [0.5, 0.6) is 0 Å². The highest BCUT2D eigenvalue weighted by Crippen LogP contribution is 2.13. The summed E-state index contributed by atoms with van der Waals surface area (Å²) in [5, 5.41) is 1.14. The van der Waals surface area contributed by atoms with Crippen LogP contribution in [0, 0.1) is 0 Å². The summed E-state index contributed by atoms with van der Waals surface area (Å²) in [6.45, 7) is 1.40. The zero-order chi connectivity index (χ0) is 12.1. The Bertz CT molecular complexity index is 528. The lowest BCUT2D eigenvalue weighted by atomic mass is 10.2. The van der Waals surface area contributed by atoms with E-state index in [9.17, 15) is 4.79 Å². The number of rotatable bonds is 4. The second-order valence-corrected chi connectivity index (χ2v) is 4.45. The van der Waals surface area contributed by atoms with E-state index in [0.29, 0.717) is 0 Å². The fraction of sp³-hybridized carbons (Fsp3) is 0.231. The zero-order valence-electron chi connectivity index (χ0n) is 9.55. The van der Waals surface area contributed by atoms with Crippen molar-refractivity contribution in [2.75, 3.05) is 5.75 Å². The van der Waals surface area contributed by atoms with E-state index in [0.717, 1.165) is 28.8 Å². The Morgan fingerprint density at radius 1 is 1.29 bits per heavy atom. The molecule has 1 aromatic carbocycles. The monoisotopic (exact) mass is 247 g/mol. The van der Waals surface area contributed by atoms with Gasteiger partial charge in [-0.15, -0.1) is 0 Å². The van der Waals surface area contributed by atoms with Gasteiger partial charge in [0.2, 0.25) is 0 Å². The fourth-order valence-electron chi connectivity index (χ4n) is 1.52. The standard InChI is InChI=1S/C13H13NO2S/c1-10(15)16-17-9-8-12-7-6-11-4-2-3-5-13(11)14-12/h2-7H,8-9H2,1H3. The fourth-order valence-corrected chi connectivity index (χ4v) is 2.06. The number of fused-ring (bicyclic) bond motifs is 1. The number of carbonyl (C=O) groups excluding carboxylic acids is 1. The number of aromatic nitrogens is 1. The first-order chi connectivity index (χ1) is 8.25. The Morgan fingerprint density at radius 2 is 2.12 bits per heavy atom. The van der Waals surface area contributed by atoms with E-state index in [1.807, 2.05) is 30.3 Å². The van der Waals surface area contributed by atoms with Gasteiger partial charge in [0.05, 0.1) is 17.6 Å². The molecule has 0 spiro atoms. The molecule has 0 fully saturated rings. The van der Waals surface area contributed by atoms with Crippen LogP contribution in [0.1, 0.15) is 12.6 Å². The third-order valence-electron chi connectivity index (χ3n) is 2.27. The lowest BCUT2D eigenvalue weighted by Gasteiger charge is -2.02. The van der Waals surface area contributed by atoms with Gasteiger partial charge in [-0.3, -0.25) is 9.78 Å². The molecule has 3 nitrogen and oxygen atoms in total. The summed E-state index contributed by atoms with van der Waals surface area (Å²) in [5.41, 5.74) is 2.02. The van der Waals surface area contributed by atoms with Gasteiger partial charge in [-0.25, -0.2) is 0 Å². The van der Waals surface area contributed by atoms with Gasteiger partial charge >= 0.3 is 5.97 Å². The van der Waals surface area contributed by atoms with Crippen LogP contribution in [-0.4, -0.2) is 16.7 Å². The lowest BCUT2D eigenvalue weighted by molar-refractivity contribution is -0.130. The molecule has 0 aliphatic rings. The molecule has 2 rings (SSSR count). The first-order valence-corrected chi connectivity index (χ1v) is 6.31. The summed E-state index contributed by atoms with van der Waals surface area (Å²) in [6.07, 6.45) is 0.794. The second kappa shape index (κ2) is 5.68. The number of carbonyl (C=O) groups is 1. The van der Waals surface area contributed by atoms with E-state index in [1.165, 1.54) is 19.0 Å². The number of para-hydroxylation sites is 1. The minimum absolute atomic E-state index is 0.263. The Balaban J connectivity index is 1.97. The van der Waals surface area contributed by atoms with Crippen molar-refractivity contribution in [1.82, 2.24) is 4.98 Å². The van der Waals surface area contributed by atoms with Crippen LogP contribution in [0.2, 0.25) is 0 Å². The van der Waals surface area contributed by atoms with Gasteiger partial charge in [0, 0.05) is 30.2 Å². The highest BCUT2D eigenvalue weighted by molar-refractivity contribution is 7.95. The van der Waals surface area contributed by atoms with Crippen molar-refractivity contribution in [1.29, 1.82) is 0 Å². The summed E-state index contributed by atoms with van der Waals surface area (Å²) in [4.78, 5) is 15.1. The molecule has 0 aliphatic carbocycles. The molecular formula is C13H13NO2S. The maximum absolute atomic E-state index is 10.6. The number of pyridine rings is 1. The smallest absolute Gasteiger partial charge is 0.314 e. The van der Waals surface area contributed by atoms with Gasteiger partial charge in [0.1, 0.15) is 0 Å².